The van der Waals surface area contributed by atoms with Crippen LogP contribution >= 0.6 is 11.3 Å². The third kappa shape index (κ3) is 2.42. The van der Waals surface area contributed by atoms with Gasteiger partial charge in [0.1, 0.15) is 5.51 Å². The van der Waals surface area contributed by atoms with E-state index in [-0.39, 0.29) is 6.04 Å². The van der Waals surface area contributed by atoms with Gasteiger partial charge in [0.15, 0.2) is 0 Å². The van der Waals surface area contributed by atoms with Crippen molar-refractivity contribution in [3.63, 3.8) is 0 Å². The highest BCUT2D eigenvalue weighted by atomic mass is 32.1. The molecule has 0 bridgehead atoms. The van der Waals surface area contributed by atoms with E-state index in [4.69, 9.17) is 5.73 Å². The molecule has 0 aromatic carbocycles. The minimum Gasteiger partial charge on any atom is -0.356 e. The van der Waals surface area contributed by atoms with Crippen LogP contribution in [0.2, 0.25) is 0 Å². The van der Waals surface area contributed by atoms with Crippen LogP contribution in [0.5, 0.6) is 0 Å². The lowest BCUT2D eigenvalue weighted by Gasteiger charge is -2.19. The molecule has 0 aliphatic carbocycles. The Hall–Kier alpha value is -0.680. The van der Waals surface area contributed by atoms with Gasteiger partial charge in [-0.2, -0.15) is 0 Å². The van der Waals surface area contributed by atoms with Gasteiger partial charge in [0.25, 0.3) is 0 Å². The highest BCUT2D eigenvalue weighted by Gasteiger charge is 2.11. The van der Waals surface area contributed by atoms with Gasteiger partial charge in [-0.25, -0.2) is 0 Å². The molecule has 0 amide bonds. The molecule has 3 N–H and O–H groups in total. The van der Waals surface area contributed by atoms with Gasteiger partial charge in [-0.15, -0.1) is 10.2 Å². The van der Waals surface area contributed by atoms with Gasteiger partial charge in [-0.05, 0) is 5.92 Å². The number of nitrogens with one attached hydrogen (secondary N) is 1. The van der Waals surface area contributed by atoms with Crippen molar-refractivity contribution in [2.24, 2.45) is 11.7 Å². The zero-order valence-electron chi connectivity index (χ0n) is 7.32. The van der Waals surface area contributed by atoms with Gasteiger partial charge in [0.05, 0.1) is 0 Å². The third-order valence-corrected chi connectivity index (χ3v) is 2.35. The average Bonchev–Trinajstić information content (AvgIpc) is 2.51. The highest BCUT2D eigenvalue weighted by Crippen LogP contribution is 2.12. The fourth-order valence-electron chi connectivity index (χ4n) is 0.892. The van der Waals surface area contributed by atoms with Crippen LogP contribution in [-0.2, 0) is 0 Å². The van der Waals surface area contributed by atoms with Gasteiger partial charge in [0, 0.05) is 12.6 Å². The Morgan fingerprint density at radius 3 is 2.83 bits per heavy atom. The largest absolute Gasteiger partial charge is 0.356 e. The number of hydrogen-bond acceptors (Lipinski definition) is 5. The number of anilines is 1. The Balaban J connectivity index is 2.48. The predicted octanol–water partition coefficient (Wildman–Crippen LogP) is 0.933. The lowest BCUT2D eigenvalue weighted by molar-refractivity contribution is 0.531. The lowest BCUT2D eigenvalue weighted by atomic mass is 10.1. The molecule has 1 aromatic rings. The normalized spacial score (nSPS) is 13.3. The zero-order chi connectivity index (χ0) is 8.97. The van der Waals surface area contributed by atoms with Gasteiger partial charge in [0.2, 0.25) is 5.13 Å². The second-order valence-electron chi connectivity index (χ2n) is 2.97. The second kappa shape index (κ2) is 4.37. The van der Waals surface area contributed by atoms with Crippen molar-refractivity contribution in [2.75, 3.05) is 11.9 Å². The van der Waals surface area contributed by atoms with E-state index in [1.165, 1.54) is 11.3 Å². The standard InChI is InChI=1S/C7H14N4S/c1-5(2)6(3-8)10-7-11-9-4-12-7/h4-6H,3,8H2,1-2H3,(H,10,11). The summed E-state index contributed by atoms with van der Waals surface area (Å²) in [5, 5.41) is 11.7. The summed E-state index contributed by atoms with van der Waals surface area (Å²) in [7, 11) is 0. The first kappa shape index (κ1) is 9.41. The van der Waals surface area contributed by atoms with Gasteiger partial charge >= 0.3 is 0 Å². The zero-order valence-corrected chi connectivity index (χ0v) is 8.14. The molecule has 1 rings (SSSR count). The second-order valence-corrected chi connectivity index (χ2v) is 3.81. The molecule has 0 saturated carbocycles. The summed E-state index contributed by atoms with van der Waals surface area (Å²) in [6.45, 7) is 4.88. The van der Waals surface area contributed by atoms with Crippen LogP contribution in [0.15, 0.2) is 5.51 Å². The Morgan fingerprint density at radius 1 is 1.67 bits per heavy atom. The van der Waals surface area contributed by atoms with Crippen molar-refractivity contribution in [1.82, 2.24) is 10.2 Å². The maximum absolute atomic E-state index is 5.58. The average molecular weight is 186 g/mol. The maximum Gasteiger partial charge on any atom is 0.205 e. The summed E-state index contributed by atoms with van der Waals surface area (Å²) in [6, 6.07) is 0.290. The van der Waals surface area contributed by atoms with E-state index in [0.29, 0.717) is 12.5 Å². The number of nitrogens with two attached hydrogens (primary N) is 1. The van der Waals surface area contributed by atoms with Crippen molar-refractivity contribution in [3.8, 4) is 0 Å². The highest BCUT2D eigenvalue weighted by molar-refractivity contribution is 7.13. The van der Waals surface area contributed by atoms with E-state index in [2.05, 4.69) is 29.4 Å². The summed E-state index contributed by atoms with van der Waals surface area (Å²) in [6.07, 6.45) is 0. The molecule has 0 radical (unpaired) electrons. The molecular formula is C7H14N4S. The SMILES string of the molecule is CC(C)C(CN)Nc1nncs1. The van der Waals surface area contributed by atoms with Crippen LogP contribution in [0.25, 0.3) is 0 Å². The van der Waals surface area contributed by atoms with Crippen molar-refractivity contribution in [2.45, 2.75) is 19.9 Å². The first-order valence-corrected chi connectivity index (χ1v) is 4.84. The van der Waals surface area contributed by atoms with Crippen LogP contribution in [0.4, 0.5) is 5.13 Å². The summed E-state index contributed by atoms with van der Waals surface area (Å²) < 4.78 is 0. The number of rotatable bonds is 4. The summed E-state index contributed by atoms with van der Waals surface area (Å²) in [5.41, 5.74) is 7.29. The van der Waals surface area contributed by atoms with Gasteiger partial charge < -0.3 is 11.1 Å². The van der Waals surface area contributed by atoms with E-state index < -0.39 is 0 Å². The molecule has 0 spiro atoms. The number of nitrogens with zero attached hydrogens (tertiary/aromatic N) is 2. The molecule has 4 nitrogen and oxygen atoms in total. The van der Waals surface area contributed by atoms with Crippen LogP contribution in [0.1, 0.15) is 13.8 Å². The predicted molar refractivity (Wildman–Crippen MR) is 51.2 cm³/mol. The smallest absolute Gasteiger partial charge is 0.205 e. The lowest BCUT2D eigenvalue weighted by Crippen LogP contribution is -2.33. The van der Waals surface area contributed by atoms with E-state index in [1.807, 2.05) is 0 Å². The monoisotopic (exact) mass is 186 g/mol. The van der Waals surface area contributed by atoms with Crippen LogP contribution in [0.3, 0.4) is 0 Å². The molecule has 5 heteroatoms. The Morgan fingerprint density at radius 2 is 2.42 bits per heavy atom. The van der Waals surface area contributed by atoms with E-state index in [0.717, 1.165) is 5.13 Å². The first-order chi connectivity index (χ1) is 5.74. The Kier molecular flexibility index (Phi) is 3.43. The number of hydrogen-bond donors (Lipinski definition) is 2. The summed E-state index contributed by atoms with van der Waals surface area (Å²) >= 11 is 1.50. The molecule has 12 heavy (non-hydrogen) atoms. The molecule has 0 aliphatic heterocycles. The third-order valence-electron chi connectivity index (χ3n) is 1.73. The molecule has 0 aliphatic rings. The van der Waals surface area contributed by atoms with Crippen molar-refractivity contribution in [1.29, 1.82) is 0 Å². The summed E-state index contributed by atoms with van der Waals surface area (Å²) in [5.74, 6) is 0.513. The summed E-state index contributed by atoms with van der Waals surface area (Å²) in [4.78, 5) is 0. The minimum absolute atomic E-state index is 0.290. The molecule has 1 heterocycles. The molecule has 0 fully saturated rings. The van der Waals surface area contributed by atoms with E-state index in [1.54, 1.807) is 5.51 Å². The van der Waals surface area contributed by atoms with Crippen LogP contribution in [-0.4, -0.2) is 22.8 Å². The van der Waals surface area contributed by atoms with Crippen LogP contribution in [0, 0.1) is 5.92 Å². The first-order valence-electron chi connectivity index (χ1n) is 3.96. The maximum atomic E-state index is 5.58. The van der Waals surface area contributed by atoms with Crippen molar-refractivity contribution < 1.29 is 0 Å². The molecule has 0 saturated heterocycles. The Bertz CT molecular complexity index is 209. The van der Waals surface area contributed by atoms with Crippen molar-refractivity contribution in [3.05, 3.63) is 5.51 Å². The number of aromatic nitrogens is 2. The molecule has 1 atom stereocenters. The molecule has 1 aromatic heterocycles. The molecular weight excluding hydrogens is 172 g/mol. The van der Waals surface area contributed by atoms with Crippen LogP contribution < -0.4 is 11.1 Å². The van der Waals surface area contributed by atoms with E-state index in [9.17, 15) is 0 Å². The van der Waals surface area contributed by atoms with Gasteiger partial charge in [-0.1, -0.05) is 25.2 Å². The van der Waals surface area contributed by atoms with Gasteiger partial charge in [-0.3, -0.25) is 0 Å². The molecule has 68 valence electrons. The topological polar surface area (TPSA) is 63.8 Å². The van der Waals surface area contributed by atoms with E-state index >= 15 is 0 Å². The minimum atomic E-state index is 0.290. The quantitative estimate of drug-likeness (QED) is 0.734. The fraction of sp³-hybridized carbons (Fsp3) is 0.714. The Labute approximate surface area is 76.2 Å². The fourth-order valence-corrected chi connectivity index (χ4v) is 1.40. The van der Waals surface area contributed by atoms with Crippen molar-refractivity contribution >= 4 is 16.5 Å². The molecule has 1 unspecified atom stereocenters.